The van der Waals surface area contributed by atoms with Crippen molar-refractivity contribution < 1.29 is 29.4 Å². The van der Waals surface area contributed by atoms with Gasteiger partial charge >= 0.3 is 0 Å². The maximum absolute atomic E-state index is 11.9. The molecule has 0 spiro atoms. The van der Waals surface area contributed by atoms with Crippen molar-refractivity contribution in [2.24, 2.45) is 17.4 Å². The number of carbonyl (C=O) groups excluding carboxylic acids is 4. The van der Waals surface area contributed by atoms with Gasteiger partial charge in [0.25, 0.3) is 0 Å². The molecule has 0 bridgehead atoms. The summed E-state index contributed by atoms with van der Waals surface area (Å²) in [6.07, 6.45) is 2.89. The summed E-state index contributed by atoms with van der Waals surface area (Å²) in [4.78, 5) is 45.6. The molecule has 12 nitrogen and oxygen atoms in total. The average molecular weight is 435 g/mol. The van der Waals surface area contributed by atoms with Gasteiger partial charge in [0.1, 0.15) is 12.1 Å². The molecule has 0 aromatic heterocycles. The van der Waals surface area contributed by atoms with Crippen LogP contribution in [0.2, 0.25) is 0 Å². The predicted molar refractivity (Wildman–Crippen MR) is 111 cm³/mol. The summed E-state index contributed by atoms with van der Waals surface area (Å²) in [5.41, 5.74) is 15.7. The third-order valence-electron chi connectivity index (χ3n) is 4.06. The molecule has 0 unspecified atom stereocenters. The minimum absolute atomic E-state index is 0.143. The van der Waals surface area contributed by atoms with E-state index in [0.29, 0.717) is 19.4 Å². The lowest BCUT2D eigenvalue weighted by Gasteiger charge is -2.18. The second kappa shape index (κ2) is 18.7. The molecule has 12 heteroatoms. The van der Waals surface area contributed by atoms with E-state index < -0.39 is 49.6 Å². The molecule has 4 amide bonds. The van der Waals surface area contributed by atoms with E-state index in [1.165, 1.54) is 0 Å². The number of hydrogen-bond acceptors (Lipinski definition) is 8. The summed E-state index contributed by atoms with van der Waals surface area (Å²) < 4.78 is 0. The average Bonchev–Trinajstić information content (AvgIpc) is 2.73. The van der Waals surface area contributed by atoms with Gasteiger partial charge in [-0.25, -0.2) is 5.43 Å². The van der Waals surface area contributed by atoms with Gasteiger partial charge in [-0.05, 0) is 19.3 Å². The summed E-state index contributed by atoms with van der Waals surface area (Å²) in [5, 5.41) is 22.6. The number of aliphatic hydroxyl groups is 2. The number of primary amides is 2. The smallest absolute Gasteiger partial charge is 0.242 e. The largest absolute Gasteiger partial charge is 0.394 e. The molecule has 3 atom stereocenters. The van der Waals surface area contributed by atoms with Gasteiger partial charge in [0.15, 0.2) is 0 Å². The number of unbranched alkanes of at least 4 members (excludes halogenated alkanes) is 1. The lowest BCUT2D eigenvalue weighted by atomic mass is 9.99. The highest BCUT2D eigenvalue weighted by Crippen LogP contribution is 2.11. The van der Waals surface area contributed by atoms with Crippen LogP contribution < -0.4 is 33.0 Å². The van der Waals surface area contributed by atoms with E-state index in [-0.39, 0.29) is 11.8 Å². The van der Waals surface area contributed by atoms with Gasteiger partial charge in [0.05, 0.1) is 19.8 Å². The third-order valence-corrected chi connectivity index (χ3v) is 4.06. The second-order valence-electron chi connectivity index (χ2n) is 6.23. The van der Waals surface area contributed by atoms with Gasteiger partial charge in [-0.15, -0.1) is 0 Å². The number of nitrogens with two attached hydrogens (primary N) is 2. The van der Waals surface area contributed by atoms with E-state index in [2.05, 4.69) is 21.5 Å². The standard InChI is InChI=1S/C16H32N6O6.C2H6/c1-2-10(14(17)26)5-3-4-6-20-22-12(9-24)16(28)19-7-13(25)21-11(8-23)15(18)27;1-2/h10-12,20,22-24H,2-9H2,1H3,(H2,17,26)(H2,18,27)(H,19,28)(H,21,25);1-2H3/t10-,11-,12-;/m0./s1. The zero-order chi connectivity index (χ0) is 23.5. The first-order valence-electron chi connectivity index (χ1n) is 10.1. The molecule has 30 heavy (non-hydrogen) atoms. The Morgan fingerprint density at radius 1 is 0.933 bits per heavy atom. The molecule has 176 valence electrons. The van der Waals surface area contributed by atoms with Gasteiger partial charge in [-0.1, -0.05) is 27.2 Å². The molecule has 0 saturated carbocycles. The number of carbonyl (C=O) groups is 4. The maximum atomic E-state index is 11.9. The summed E-state index contributed by atoms with van der Waals surface area (Å²) in [6, 6.07) is -2.23. The van der Waals surface area contributed by atoms with Crippen LogP contribution in [0.25, 0.3) is 0 Å². The van der Waals surface area contributed by atoms with E-state index in [1.54, 1.807) is 0 Å². The summed E-state index contributed by atoms with van der Waals surface area (Å²) in [5.74, 6) is -2.70. The molecule has 0 aromatic carbocycles. The minimum atomic E-state index is -1.24. The summed E-state index contributed by atoms with van der Waals surface area (Å²) >= 11 is 0. The van der Waals surface area contributed by atoms with Crippen LogP contribution in [0.1, 0.15) is 46.5 Å². The van der Waals surface area contributed by atoms with Crippen molar-refractivity contribution in [2.75, 3.05) is 26.3 Å². The predicted octanol–water partition coefficient (Wildman–Crippen LogP) is -2.77. The molecule has 0 aliphatic rings. The molecule has 0 fully saturated rings. The van der Waals surface area contributed by atoms with E-state index >= 15 is 0 Å². The highest BCUT2D eigenvalue weighted by atomic mass is 16.3. The zero-order valence-corrected chi connectivity index (χ0v) is 18.1. The van der Waals surface area contributed by atoms with Crippen LogP contribution >= 0.6 is 0 Å². The van der Waals surface area contributed by atoms with Gasteiger partial charge in [0.2, 0.25) is 23.6 Å². The number of nitrogens with one attached hydrogen (secondary N) is 4. The van der Waals surface area contributed by atoms with Crippen LogP contribution in [0.5, 0.6) is 0 Å². The Morgan fingerprint density at radius 3 is 2.00 bits per heavy atom. The van der Waals surface area contributed by atoms with E-state index in [1.807, 2.05) is 20.8 Å². The van der Waals surface area contributed by atoms with Crippen LogP contribution in [0, 0.1) is 5.92 Å². The second-order valence-corrected chi connectivity index (χ2v) is 6.23. The van der Waals surface area contributed by atoms with Crippen LogP contribution in [-0.2, 0) is 19.2 Å². The van der Waals surface area contributed by atoms with Crippen LogP contribution in [0.4, 0.5) is 0 Å². The third kappa shape index (κ3) is 13.8. The number of aliphatic hydroxyl groups excluding tert-OH is 2. The highest BCUT2D eigenvalue weighted by Gasteiger charge is 2.20. The first-order valence-corrected chi connectivity index (χ1v) is 10.1. The number of amides is 4. The molecular weight excluding hydrogens is 396 g/mol. The molecule has 10 N–H and O–H groups in total. The van der Waals surface area contributed by atoms with Crippen molar-refractivity contribution in [3.05, 3.63) is 0 Å². The van der Waals surface area contributed by atoms with Crippen molar-refractivity contribution in [1.82, 2.24) is 21.5 Å². The fourth-order valence-electron chi connectivity index (χ4n) is 2.28. The topological polar surface area (TPSA) is 209 Å². The van der Waals surface area contributed by atoms with Gasteiger partial charge in [-0.3, -0.25) is 24.6 Å². The van der Waals surface area contributed by atoms with Crippen LogP contribution in [0.3, 0.4) is 0 Å². The summed E-state index contributed by atoms with van der Waals surface area (Å²) in [7, 11) is 0. The van der Waals surface area contributed by atoms with Crippen LogP contribution in [0.15, 0.2) is 0 Å². The zero-order valence-electron chi connectivity index (χ0n) is 18.1. The lowest BCUT2D eigenvalue weighted by Crippen LogP contribution is -2.54. The Balaban J connectivity index is 0. The Kier molecular flexibility index (Phi) is 18.7. The normalized spacial score (nSPS) is 13.2. The number of rotatable bonds is 16. The van der Waals surface area contributed by atoms with Crippen molar-refractivity contribution in [3.63, 3.8) is 0 Å². The monoisotopic (exact) mass is 434 g/mol. The van der Waals surface area contributed by atoms with Crippen LogP contribution in [-0.4, -0.2) is 72.2 Å². The molecule has 0 radical (unpaired) electrons. The Bertz CT molecular complexity index is 519. The van der Waals surface area contributed by atoms with Crippen molar-refractivity contribution in [2.45, 2.75) is 58.5 Å². The minimum Gasteiger partial charge on any atom is -0.394 e. The van der Waals surface area contributed by atoms with Gasteiger partial charge < -0.3 is 32.3 Å². The molecule has 0 rings (SSSR count). The van der Waals surface area contributed by atoms with E-state index in [9.17, 15) is 24.3 Å². The SMILES string of the molecule is CC.CC[C@@H](CCCCNN[C@@H](CO)C(=O)NCC(=O)N[C@@H](CO)C(N)=O)C(N)=O. The van der Waals surface area contributed by atoms with E-state index in [4.69, 9.17) is 16.6 Å². The van der Waals surface area contributed by atoms with E-state index in [0.717, 1.165) is 12.8 Å². The Labute approximate surface area is 177 Å². The number of hydrogen-bond donors (Lipinski definition) is 8. The summed E-state index contributed by atoms with van der Waals surface area (Å²) in [6.45, 7) is 4.78. The van der Waals surface area contributed by atoms with Crippen molar-refractivity contribution >= 4 is 23.6 Å². The first kappa shape index (κ1) is 29.9. The number of hydrazine groups is 1. The quantitative estimate of drug-likeness (QED) is 0.0939. The fourth-order valence-corrected chi connectivity index (χ4v) is 2.28. The molecule has 0 saturated heterocycles. The Morgan fingerprint density at radius 2 is 1.53 bits per heavy atom. The molecule has 0 aromatic rings. The first-order chi connectivity index (χ1) is 14.3. The van der Waals surface area contributed by atoms with Gasteiger partial charge in [0, 0.05) is 12.5 Å². The highest BCUT2D eigenvalue weighted by molar-refractivity contribution is 5.90. The molecule has 0 aliphatic carbocycles. The van der Waals surface area contributed by atoms with Gasteiger partial charge in [-0.2, -0.15) is 0 Å². The van der Waals surface area contributed by atoms with Crippen molar-refractivity contribution in [3.8, 4) is 0 Å². The molecular formula is C18H38N6O6. The molecule has 0 aliphatic heterocycles. The Hall–Kier alpha value is -2.28. The fraction of sp³-hybridized carbons (Fsp3) is 0.778. The lowest BCUT2D eigenvalue weighted by molar-refractivity contribution is -0.130. The maximum Gasteiger partial charge on any atom is 0.242 e. The molecule has 0 heterocycles. The van der Waals surface area contributed by atoms with Crippen molar-refractivity contribution in [1.29, 1.82) is 0 Å².